The summed E-state index contributed by atoms with van der Waals surface area (Å²) in [5, 5.41) is 0. The standard InChI is InChI=1S/C16H19BrF2N2O2/c1-8(2)14-16(23-4)20-13(15(21-14)22-3)7-10-11(18)5-9(17)6-12(10)19/h5-6,8,13-14H,7H2,1-4H3. The van der Waals surface area contributed by atoms with Crippen LogP contribution in [0.5, 0.6) is 0 Å². The van der Waals surface area contributed by atoms with Crippen molar-refractivity contribution in [3.63, 3.8) is 0 Å². The van der Waals surface area contributed by atoms with Gasteiger partial charge < -0.3 is 9.47 Å². The summed E-state index contributed by atoms with van der Waals surface area (Å²) in [6.07, 6.45) is 0.00922. The SMILES string of the molecule is COC1=NC(C(C)C)C(OC)=NC1Cc1c(F)cc(Br)cc1F. The smallest absolute Gasteiger partial charge is 0.209 e. The van der Waals surface area contributed by atoms with E-state index < -0.39 is 17.7 Å². The number of hydrogen-bond acceptors (Lipinski definition) is 4. The number of halogens is 3. The van der Waals surface area contributed by atoms with Gasteiger partial charge in [-0.1, -0.05) is 29.8 Å². The number of rotatable bonds is 3. The molecule has 7 heteroatoms. The molecule has 1 aliphatic rings. The van der Waals surface area contributed by atoms with Crippen molar-refractivity contribution < 1.29 is 18.3 Å². The molecule has 0 bridgehead atoms. The van der Waals surface area contributed by atoms with Gasteiger partial charge in [0.2, 0.25) is 11.8 Å². The van der Waals surface area contributed by atoms with Gasteiger partial charge in [0, 0.05) is 16.5 Å². The Balaban J connectivity index is 2.35. The van der Waals surface area contributed by atoms with Gasteiger partial charge in [-0.2, -0.15) is 0 Å². The van der Waals surface area contributed by atoms with E-state index in [-0.39, 0.29) is 23.9 Å². The molecule has 0 radical (unpaired) electrons. The van der Waals surface area contributed by atoms with E-state index in [9.17, 15) is 8.78 Å². The molecule has 4 nitrogen and oxygen atoms in total. The summed E-state index contributed by atoms with van der Waals surface area (Å²) in [6.45, 7) is 3.98. The number of benzene rings is 1. The molecule has 1 aromatic carbocycles. The minimum Gasteiger partial charge on any atom is -0.483 e. The van der Waals surface area contributed by atoms with Gasteiger partial charge in [-0.3, -0.25) is 0 Å². The second kappa shape index (κ2) is 7.38. The molecule has 0 aliphatic carbocycles. The normalized spacial score (nSPS) is 21.0. The molecule has 23 heavy (non-hydrogen) atoms. The highest BCUT2D eigenvalue weighted by Crippen LogP contribution is 2.24. The molecule has 2 atom stereocenters. The first-order valence-electron chi connectivity index (χ1n) is 7.24. The fourth-order valence-electron chi connectivity index (χ4n) is 2.45. The molecule has 1 aromatic rings. The predicted octanol–water partition coefficient (Wildman–Crippen LogP) is 3.77. The van der Waals surface area contributed by atoms with Crippen LogP contribution in [0.15, 0.2) is 26.6 Å². The molecule has 2 unspecified atom stereocenters. The summed E-state index contributed by atoms with van der Waals surface area (Å²) in [5.41, 5.74) is -0.0508. The van der Waals surface area contributed by atoms with Crippen molar-refractivity contribution in [1.82, 2.24) is 0 Å². The largest absolute Gasteiger partial charge is 0.483 e. The maximum absolute atomic E-state index is 14.1. The van der Waals surface area contributed by atoms with Crippen LogP contribution < -0.4 is 0 Å². The highest BCUT2D eigenvalue weighted by molar-refractivity contribution is 9.10. The van der Waals surface area contributed by atoms with Crippen LogP contribution in [0, 0.1) is 17.6 Å². The average molecular weight is 389 g/mol. The van der Waals surface area contributed by atoms with Gasteiger partial charge in [0.05, 0.1) is 14.2 Å². The number of nitrogens with zero attached hydrogens (tertiary/aromatic N) is 2. The fraction of sp³-hybridized carbons (Fsp3) is 0.500. The summed E-state index contributed by atoms with van der Waals surface area (Å²) in [4.78, 5) is 8.94. The van der Waals surface area contributed by atoms with E-state index in [2.05, 4.69) is 25.9 Å². The second-order valence-electron chi connectivity index (χ2n) is 5.60. The van der Waals surface area contributed by atoms with Gasteiger partial charge in [0.15, 0.2) is 0 Å². The van der Waals surface area contributed by atoms with Gasteiger partial charge in [-0.25, -0.2) is 18.8 Å². The molecule has 0 fully saturated rings. The molecule has 2 rings (SSSR count). The number of methoxy groups -OCH3 is 2. The lowest BCUT2D eigenvalue weighted by molar-refractivity contribution is 0.332. The zero-order chi connectivity index (χ0) is 17.1. The maximum Gasteiger partial charge on any atom is 0.209 e. The van der Waals surface area contributed by atoms with Gasteiger partial charge in [-0.05, 0) is 18.1 Å². The molecule has 0 saturated carbocycles. The van der Waals surface area contributed by atoms with Crippen molar-refractivity contribution in [3.05, 3.63) is 33.8 Å². The summed E-state index contributed by atoms with van der Waals surface area (Å²) in [6, 6.07) is 1.58. The highest BCUT2D eigenvalue weighted by atomic mass is 79.9. The number of hydrogen-bond donors (Lipinski definition) is 0. The van der Waals surface area contributed by atoms with E-state index in [0.717, 1.165) is 0 Å². The minimum absolute atomic E-state index is 0.00922. The lowest BCUT2D eigenvalue weighted by atomic mass is 10.00. The summed E-state index contributed by atoms with van der Waals surface area (Å²) in [7, 11) is 2.99. The third-order valence-electron chi connectivity index (χ3n) is 3.64. The topological polar surface area (TPSA) is 43.2 Å². The van der Waals surface area contributed by atoms with Gasteiger partial charge >= 0.3 is 0 Å². The van der Waals surface area contributed by atoms with Crippen molar-refractivity contribution >= 4 is 27.7 Å². The van der Waals surface area contributed by atoms with E-state index in [1.807, 2.05) is 13.8 Å². The molecule has 126 valence electrons. The zero-order valence-corrected chi connectivity index (χ0v) is 15.0. The number of aliphatic imine (C=N–C) groups is 2. The van der Waals surface area contributed by atoms with Crippen LogP contribution in [0.4, 0.5) is 8.78 Å². The Labute approximate surface area is 142 Å². The van der Waals surface area contributed by atoms with Crippen molar-refractivity contribution in [1.29, 1.82) is 0 Å². The average Bonchev–Trinajstić information content (AvgIpc) is 2.49. The van der Waals surface area contributed by atoms with E-state index >= 15 is 0 Å². The molecule has 0 saturated heterocycles. The minimum atomic E-state index is -0.632. The molecule has 1 heterocycles. The van der Waals surface area contributed by atoms with Crippen LogP contribution in [0.2, 0.25) is 0 Å². The third kappa shape index (κ3) is 3.88. The summed E-state index contributed by atoms with van der Waals surface area (Å²) >= 11 is 3.07. The molecule has 0 N–H and O–H groups in total. The van der Waals surface area contributed by atoms with Gasteiger partial charge in [-0.15, -0.1) is 0 Å². The lowest BCUT2D eigenvalue weighted by Gasteiger charge is -2.27. The van der Waals surface area contributed by atoms with E-state index in [1.165, 1.54) is 26.4 Å². The molecule has 1 aliphatic heterocycles. The molecule has 0 spiro atoms. The van der Waals surface area contributed by atoms with Crippen molar-refractivity contribution in [2.45, 2.75) is 32.4 Å². The second-order valence-corrected chi connectivity index (χ2v) is 6.52. The van der Waals surface area contributed by atoms with E-state index in [4.69, 9.17) is 9.47 Å². The molecule has 0 aromatic heterocycles. The van der Waals surface area contributed by atoms with Gasteiger partial charge in [0.1, 0.15) is 23.7 Å². The van der Waals surface area contributed by atoms with Crippen molar-refractivity contribution in [2.24, 2.45) is 15.9 Å². The van der Waals surface area contributed by atoms with Crippen LogP contribution >= 0.6 is 15.9 Å². The Hall–Kier alpha value is -1.50. The number of ether oxygens (including phenoxy) is 2. The third-order valence-corrected chi connectivity index (χ3v) is 4.10. The Morgan fingerprint density at radius 1 is 1.09 bits per heavy atom. The van der Waals surface area contributed by atoms with Gasteiger partial charge in [0.25, 0.3) is 0 Å². The Kier molecular flexibility index (Phi) is 5.73. The van der Waals surface area contributed by atoms with E-state index in [1.54, 1.807) is 0 Å². The fourth-order valence-corrected chi connectivity index (χ4v) is 2.86. The summed E-state index contributed by atoms with van der Waals surface area (Å²) in [5.74, 6) is -0.296. The van der Waals surface area contributed by atoms with Crippen LogP contribution in [-0.2, 0) is 15.9 Å². The van der Waals surface area contributed by atoms with Crippen LogP contribution in [0.3, 0.4) is 0 Å². The van der Waals surface area contributed by atoms with Crippen LogP contribution in [-0.4, -0.2) is 38.1 Å². The van der Waals surface area contributed by atoms with E-state index in [0.29, 0.717) is 16.3 Å². The van der Waals surface area contributed by atoms with Crippen molar-refractivity contribution in [3.8, 4) is 0 Å². The predicted molar refractivity (Wildman–Crippen MR) is 89.1 cm³/mol. The molecular formula is C16H19BrF2N2O2. The monoisotopic (exact) mass is 388 g/mol. The Morgan fingerprint density at radius 3 is 2.13 bits per heavy atom. The zero-order valence-electron chi connectivity index (χ0n) is 13.4. The molecule has 0 amide bonds. The highest BCUT2D eigenvalue weighted by Gasteiger charge is 2.32. The first-order valence-corrected chi connectivity index (χ1v) is 8.03. The lowest BCUT2D eigenvalue weighted by Crippen LogP contribution is -2.38. The summed E-state index contributed by atoms with van der Waals surface area (Å²) < 4.78 is 39.0. The first kappa shape index (κ1) is 17.8. The Bertz CT molecular complexity index is 624. The first-order chi connectivity index (χ1) is 10.9. The van der Waals surface area contributed by atoms with Crippen LogP contribution in [0.25, 0.3) is 0 Å². The molecular weight excluding hydrogens is 370 g/mol. The quantitative estimate of drug-likeness (QED) is 0.790. The Morgan fingerprint density at radius 2 is 1.65 bits per heavy atom. The maximum atomic E-state index is 14.1. The van der Waals surface area contributed by atoms with Crippen molar-refractivity contribution in [2.75, 3.05) is 14.2 Å². The van der Waals surface area contributed by atoms with Crippen LogP contribution in [0.1, 0.15) is 19.4 Å².